The van der Waals surface area contributed by atoms with Crippen molar-refractivity contribution in [1.82, 2.24) is 0 Å². The Hall–Kier alpha value is -1.46. The van der Waals surface area contributed by atoms with Gasteiger partial charge in [0.05, 0.1) is 0 Å². The van der Waals surface area contributed by atoms with Gasteiger partial charge in [0.25, 0.3) is 0 Å². The van der Waals surface area contributed by atoms with Gasteiger partial charge >= 0.3 is 12.1 Å². The van der Waals surface area contributed by atoms with E-state index < -0.39 is 23.4 Å². The minimum Gasteiger partial charge on any atom is -0.287 e. The number of hydrogen-bond acceptors (Lipinski definition) is 1. The molecule has 6 heteroatoms. The highest BCUT2D eigenvalue weighted by atomic mass is 19.4. The molecule has 0 heterocycles. The molecule has 23 heavy (non-hydrogen) atoms. The zero-order valence-corrected chi connectivity index (χ0v) is 13.6. The highest BCUT2D eigenvalue weighted by Gasteiger charge is 2.63. The fourth-order valence-corrected chi connectivity index (χ4v) is 2.38. The Bertz CT molecular complexity index is 530. The molecule has 130 valence electrons. The van der Waals surface area contributed by atoms with E-state index in [-0.39, 0.29) is 11.8 Å². The molecule has 0 saturated carbocycles. The largest absolute Gasteiger partial charge is 0.461 e. The topological polar surface area (TPSA) is 17.1 Å². The zero-order valence-electron chi connectivity index (χ0n) is 13.6. The molecule has 1 aromatic carbocycles. The van der Waals surface area contributed by atoms with Crippen LogP contribution in [0, 0.1) is 11.8 Å². The van der Waals surface area contributed by atoms with Crippen molar-refractivity contribution in [1.29, 1.82) is 0 Å². The molecule has 0 aliphatic heterocycles. The number of Topliss-reactive ketones (excluding diaryl/α,β-unsaturated/α-hetero) is 1. The average molecular weight is 336 g/mol. The molecule has 0 N–H and O–H groups in total. The molecule has 0 amide bonds. The monoisotopic (exact) mass is 336 g/mol. The molecule has 0 bridgehead atoms. The lowest BCUT2D eigenvalue weighted by molar-refractivity contribution is -0.255. The van der Waals surface area contributed by atoms with Crippen LogP contribution in [0.2, 0.25) is 0 Å². The highest BCUT2D eigenvalue weighted by Crippen LogP contribution is 2.38. The van der Waals surface area contributed by atoms with Crippen molar-refractivity contribution in [3.63, 3.8) is 0 Å². The molecule has 1 aromatic rings. The molecule has 0 atom stereocenters. The van der Waals surface area contributed by atoms with E-state index in [9.17, 15) is 26.7 Å². The van der Waals surface area contributed by atoms with Gasteiger partial charge in [0.2, 0.25) is 5.78 Å². The van der Waals surface area contributed by atoms with E-state index in [0.29, 0.717) is 24.0 Å². The van der Waals surface area contributed by atoms with Crippen molar-refractivity contribution in [3.8, 4) is 0 Å². The second kappa shape index (κ2) is 6.97. The van der Waals surface area contributed by atoms with Gasteiger partial charge in [-0.1, -0.05) is 33.8 Å². The molecule has 1 rings (SSSR count). The van der Waals surface area contributed by atoms with Gasteiger partial charge in [0.1, 0.15) is 0 Å². The summed E-state index contributed by atoms with van der Waals surface area (Å²) >= 11 is 0. The molecule has 0 aromatic heterocycles. The Kier molecular flexibility index (Phi) is 5.94. The minimum absolute atomic E-state index is 0.190. The van der Waals surface area contributed by atoms with Crippen LogP contribution >= 0.6 is 0 Å². The first-order valence-corrected chi connectivity index (χ1v) is 7.46. The van der Waals surface area contributed by atoms with E-state index >= 15 is 0 Å². The van der Waals surface area contributed by atoms with Crippen molar-refractivity contribution in [2.75, 3.05) is 0 Å². The molecular formula is C17H21F5O. The van der Waals surface area contributed by atoms with Crippen LogP contribution in [0.15, 0.2) is 18.2 Å². The van der Waals surface area contributed by atoms with E-state index in [1.807, 2.05) is 27.7 Å². The molecule has 0 aliphatic rings. The number of halogens is 5. The van der Waals surface area contributed by atoms with Crippen LogP contribution in [0.25, 0.3) is 0 Å². The van der Waals surface area contributed by atoms with E-state index in [1.54, 1.807) is 6.07 Å². The third kappa shape index (κ3) is 5.01. The molecule has 0 radical (unpaired) electrons. The van der Waals surface area contributed by atoms with Gasteiger partial charge in [-0.2, -0.15) is 22.0 Å². The van der Waals surface area contributed by atoms with Crippen LogP contribution in [-0.2, 0) is 12.8 Å². The number of carbonyl (C=O) groups is 1. The predicted octanol–water partition coefficient (Wildman–Crippen LogP) is 5.46. The standard InChI is InChI=1S/C17H21F5O/c1-10(2)5-12-7-13(6-11(3)4)9-14(8-12)15(23)16(18,19)17(20,21)22/h7-11H,5-6H2,1-4H3. The summed E-state index contributed by atoms with van der Waals surface area (Å²) < 4.78 is 63.9. The molecule has 0 aliphatic carbocycles. The first kappa shape index (κ1) is 19.6. The van der Waals surface area contributed by atoms with Crippen molar-refractivity contribution in [2.24, 2.45) is 11.8 Å². The third-order valence-corrected chi connectivity index (χ3v) is 3.24. The quantitative estimate of drug-likeness (QED) is 0.498. The maximum Gasteiger partial charge on any atom is 0.461 e. The van der Waals surface area contributed by atoms with Crippen molar-refractivity contribution in [3.05, 3.63) is 34.9 Å². The van der Waals surface area contributed by atoms with Crippen LogP contribution in [-0.4, -0.2) is 17.9 Å². The summed E-state index contributed by atoms with van der Waals surface area (Å²) in [5, 5.41) is 0. The third-order valence-electron chi connectivity index (χ3n) is 3.24. The van der Waals surface area contributed by atoms with Crippen LogP contribution < -0.4 is 0 Å². The normalized spacial score (nSPS) is 13.0. The molecule has 1 nitrogen and oxygen atoms in total. The van der Waals surface area contributed by atoms with Gasteiger partial charge in [0.15, 0.2) is 0 Å². The van der Waals surface area contributed by atoms with Crippen molar-refractivity contribution in [2.45, 2.75) is 52.6 Å². The maximum atomic E-state index is 13.3. The van der Waals surface area contributed by atoms with E-state index in [2.05, 4.69) is 0 Å². The number of rotatable bonds is 6. The van der Waals surface area contributed by atoms with E-state index in [4.69, 9.17) is 0 Å². The summed E-state index contributed by atoms with van der Waals surface area (Å²) in [5.74, 6) is -7.19. The average Bonchev–Trinajstić information content (AvgIpc) is 2.34. The lowest BCUT2D eigenvalue weighted by Gasteiger charge is -2.19. The first-order valence-electron chi connectivity index (χ1n) is 7.46. The number of alkyl halides is 5. The van der Waals surface area contributed by atoms with Crippen molar-refractivity contribution >= 4 is 5.78 Å². The maximum absolute atomic E-state index is 13.3. The van der Waals surface area contributed by atoms with Crippen LogP contribution in [0.1, 0.15) is 49.2 Å². The fraction of sp³-hybridized carbons (Fsp3) is 0.588. The van der Waals surface area contributed by atoms with Gasteiger partial charge in [-0.25, -0.2) is 0 Å². The van der Waals surface area contributed by atoms with Crippen LogP contribution in [0.4, 0.5) is 22.0 Å². The van der Waals surface area contributed by atoms with Gasteiger partial charge in [-0.3, -0.25) is 4.79 Å². The molecule has 0 spiro atoms. The summed E-state index contributed by atoms with van der Waals surface area (Å²) in [6.07, 6.45) is -4.88. The Labute approximate surface area is 132 Å². The lowest BCUT2D eigenvalue weighted by Crippen LogP contribution is -2.44. The Morgan fingerprint density at radius 1 is 0.870 bits per heavy atom. The summed E-state index contributed by atoms with van der Waals surface area (Å²) in [6, 6.07) is 4.06. The molecule has 0 fully saturated rings. The minimum atomic E-state index is -5.89. The molecule has 0 saturated heterocycles. The van der Waals surface area contributed by atoms with Gasteiger partial charge in [0, 0.05) is 5.56 Å². The second-order valence-corrected chi connectivity index (χ2v) is 6.64. The molecular weight excluding hydrogens is 315 g/mol. The zero-order chi connectivity index (χ0) is 18.0. The summed E-state index contributed by atoms with van der Waals surface area (Å²) in [5.41, 5.74) is 0.611. The van der Waals surface area contributed by atoms with Crippen LogP contribution in [0.5, 0.6) is 0 Å². The van der Waals surface area contributed by atoms with E-state index in [0.717, 1.165) is 12.1 Å². The molecule has 0 unspecified atom stereocenters. The number of hydrogen-bond donors (Lipinski definition) is 0. The number of ketones is 1. The smallest absolute Gasteiger partial charge is 0.287 e. The lowest BCUT2D eigenvalue weighted by atomic mass is 9.92. The Balaban J connectivity index is 3.31. The van der Waals surface area contributed by atoms with E-state index in [1.165, 1.54) is 0 Å². The summed E-state index contributed by atoms with van der Waals surface area (Å²) in [7, 11) is 0. The van der Waals surface area contributed by atoms with Gasteiger partial charge in [-0.05, 0) is 47.9 Å². The van der Waals surface area contributed by atoms with Crippen LogP contribution in [0.3, 0.4) is 0 Å². The number of benzene rings is 1. The second-order valence-electron chi connectivity index (χ2n) is 6.64. The SMILES string of the molecule is CC(C)Cc1cc(CC(C)C)cc(C(=O)C(F)(F)C(F)(F)F)c1. The fourth-order valence-electron chi connectivity index (χ4n) is 2.38. The van der Waals surface area contributed by atoms with Crippen molar-refractivity contribution < 1.29 is 26.7 Å². The van der Waals surface area contributed by atoms with Gasteiger partial charge < -0.3 is 0 Å². The van der Waals surface area contributed by atoms with Gasteiger partial charge in [-0.15, -0.1) is 0 Å². The Morgan fingerprint density at radius 2 is 1.26 bits per heavy atom. The highest BCUT2D eigenvalue weighted by molar-refractivity contribution is 6.02. The Morgan fingerprint density at radius 3 is 1.57 bits per heavy atom. The summed E-state index contributed by atoms with van der Waals surface area (Å²) in [4.78, 5) is 11.7. The first-order chi connectivity index (χ1) is 10.3. The summed E-state index contributed by atoms with van der Waals surface area (Å²) in [6.45, 7) is 7.61. The number of carbonyl (C=O) groups excluding carboxylic acids is 1. The predicted molar refractivity (Wildman–Crippen MR) is 78.9 cm³/mol.